The lowest BCUT2D eigenvalue weighted by Gasteiger charge is -2.26. The van der Waals surface area contributed by atoms with Crippen molar-refractivity contribution in [3.63, 3.8) is 0 Å². The van der Waals surface area contributed by atoms with Crippen LogP contribution in [0.5, 0.6) is 0 Å². The van der Waals surface area contributed by atoms with Crippen molar-refractivity contribution in [1.82, 2.24) is 35.4 Å². The summed E-state index contributed by atoms with van der Waals surface area (Å²) in [5.74, 6) is 0.0352. The van der Waals surface area contributed by atoms with Gasteiger partial charge in [-0.3, -0.25) is 9.69 Å². The van der Waals surface area contributed by atoms with E-state index in [1.807, 2.05) is 13.0 Å². The average Bonchev–Trinajstić information content (AvgIpc) is 3.60. The second-order valence-corrected chi connectivity index (χ2v) is 9.54. The number of carbonyl (C=O) groups excluding carboxylic acids is 2. The van der Waals surface area contributed by atoms with Crippen LogP contribution in [0.15, 0.2) is 36.8 Å². The minimum absolute atomic E-state index is 0.109. The van der Waals surface area contributed by atoms with E-state index in [0.29, 0.717) is 30.0 Å². The van der Waals surface area contributed by atoms with Crippen LogP contribution in [0.1, 0.15) is 56.9 Å². The van der Waals surface area contributed by atoms with Crippen molar-refractivity contribution in [3.8, 4) is 5.82 Å². The summed E-state index contributed by atoms with van der Waals surface area (Å²) in [6.45, 7) is 6.92. The van der Waals surface area contributed by atoms with Crippen LogP contribution in [0.3, 0.4) is 0 Å². The highest BCUT2D eigenvalue weighted by Crippen LogP contribution is 2.33. The van der Waals surface area contributed by atoms with Gasteiger partial charge in [0.25, 0.3) is 5.91 Å². The Morgan fingerprint density at radius 2 is 2.17 bits per heavy atom. The lowest BCUT2D eigenvalue weighted by atomic mass is 9.89. The third-order valence-corrected chi connectivity index (χ3v) is 6.90. The Morgan fingerprint density at radius 3 is 2.91 bits per heavy atom. The highest BCUT2D eigenvalue weighted by atomic mass is 16.5. The number of aliphatic hydroxyl groups excluding tert-OH is 1. The first-order valence-corrected chi connectivity index (χ1v) is 11.5. The van der Waals surface area contributed by atoms with Gasteiger partial charge in [-0.15, -0.1) is 5.10 Å². The molecule has 0 radical (unpaired) electrons. The van der Waals surface area contributed by atoms with E-state index < -0.39 is 6.10 Å². The fourth-order valence-electron chi connectivity index (χ4n) is 4.82. The molecule has 1 saturated heterocycles. The second-order valence-electron chi connectivity index (χ2n) is 9.54. The maximum absolute atomic E-state index is 12.7. The smallest absolute Gasteiger partial charge is 0.338 e. The molecule has 1 aromatic carbocycles. The number of rotatable bonds is 7. The summed E-state index contributed by atoms with van der Waals surface area (Å²) in [5.41, 5.74) is 3.54. The molecule has 4 heterocycles. The molecule has 2 aliphatic heterocycles. The number of β-amino-alcohol motifs (C(OH)–C–C–N with tert-alkyl or cyclic N) is 1. The summed E-state index contributed by atoms with van der Waals surface area (Å²) in [7, 11) is 0. The predicted octanol–water partition coefficient (Wildman–Crippen LogP) is 1.21. The van der Waals surface area contributed by atoms with E-state index in [1.54, 1.807) is 18.2 Å². The van der Waals surface area contributed by atoms with Crippen LogP contribution in [0.25, 0.3) is 5.82 Å². The maximum Gasteiger partial charge on any atom is 0.338 e. The SMILES string of the molecule is Cc1c(C(O)CN2CCC(C)(CNC(=O)c3ccc(-n4cnnn4)nc3)C2)ccc2c1COC2=O. The van der Waals surface area contributed by atoms with Crippen LogP contribution in [-0.4, -0.2) is 73.3 Å². The van der Waals surface area contributed by atoms with Gasteiger partial charge in [-0.05, 0) is 65.1 Å². The number of nitrogens with one attached hydrogen (secondary N) is 1. The van der Waals surface area contributed by atoms with E-state index in [1.165, 1.54) is 17.2 Å². The van der Waals surface area contributed by atoms with Crippen LogP contribution < -0.4 is 5.32 Å². The van der Waals surface area contributed by atoms with Crippen molar-refractivity contribution in [2.75, 3.05) is 26.2 Å². The van der Waals surface area contributed by atoms with Crippen molar-refractivity contribution >= 4 is 11.9 Å². The molecule has 0 bridgehead atoms. The number of esters is 1. The molecule has 2 atom stereocenters. The number of hydrogen-bond donors (Lipinski definition) is 2. The molecule has 35 heavy (non-hydrogen) atoms. The van der Waals surface area contributed by atoms with Gasteiger partial charge in [-0.1, -0.05) is 13.0 Å². The number of aromatic nitrogens is 5. The van der Waals surface area contributed by atoms with Gasteiger partial charge in [0.1, 0.15) is 12.9 Å². The van der Waals surface area contributed by atoms with Crippen molar-refractivity contribution in [2.45, 2.75) is 33.0 Å². The lowest BCUT2D eigenvalue weighted by Crippen LogP contribution is -2.38. The Balaban J connectivity index is 1.15. The number of carbonyl (C=O) groups is 2. The summed E-state index contributed by atoms with van der Waals surface area (Å²) in [6.07, 6.45) is 3.18. The van der Waals surface area contributed by atoms with Crippen LogP contribution in [0.2, 0.25) is 0 Å². The van der Waals surface area contributed by atoms with E-state index in [-0.39, 0.29) is 23.9 Å². The Hall–Kier alpha value is -3.70. The number of ether oxygens (including phenoxy) is 1. The highest BCUT2D eigenvalue weighted by molar-refractivity contribution is 5.94. The molecule has 2 N–H and O–H groups in total. The first-order valence-electron chi connectivity index (χ1n) is 11.5. The van der Waals surface area contributed by atoms with Crippen LogP contribution in [0, 0.1) is 12.3 Å². The van der Waals surface area contributed by atoms with Crippen LogP contribution in [0.4, 0.5) is 0 Å². The Kier molecular flexibility index (Phi) is 6.03. The highest BCUT2D eigenvalue weighted by Gasteiger charge is 2.35. The Morgan fingerprint density at radius 1 is 1.31 bits per heavy atom. The Bertz CT molecular complexity index is 1250. The quantitative estimate of drug-likeness (QED) is 0.481. The van der Waals surface area contributed by atoms with Gasteiger partial charge >= 0.3 is 5.97 Å². The number of pyridine rings is 1. The summed E-state index contributed by atoms with van der Waals surface area (Å²) in [6, 6.07) is 6.94. The first-order chi connectivity index (χ1) is 16.8. The second kappa shape index (κ2) is 9.16. The first kappa shape index (κ1) is 23.1. The zero-order valence-corrected chi connectivity index (χ0v) is 19.6. The van der Waals surface area contributed by atoms with Crippen molar-refractivity contribution in [1.29, 1.82) is 0 Å². The molecule has 1 fully saturated rings. The fourth-order valence-corrected chi connectivity index (χ4v) is 4.82. The fraction of sp³-hybridized carbons (Fsp3) is 0.417. The number of likely N-dealkylation sites (tertiary alicyclic amines) is 1. The number of amides is 1. The molecule has 0 aliphatic carbocycles. The van der Waals surface area contributed by atoms with Gasteiger partial charge in [0.2, 0.25) is 0 Å². The minimum atomic E-state index is -0.669. The van der Waals surface area contributed by atoms with Crippen molar-refractivity contribution < 1.29 is 19.4 Å². The van der Waals surface area contributed by atoms with Gasteiger partial charge in [0, 0.05) is 31.4 Å². The molecule has 2 unspecified atom stereocenters. The number of cyclic esters (lactones) is 1. The van der Waals surface area contributed by atoms with E-state index in [4.69, 9.17) is 4.74 Å². The molecule has 11 nitrogen and oxygen atoms in total. The van der Waals surface area contributed by atoms with Crippen molar-refractivity contribution in [2.24, 2.45) is 5.41 Å². The zero-order valence-electron chi connectivity index (χ0n) is 19.6. The minimum Gasteiger partial charge on any atom is -0.457 e. The number of hydrogen-bond acceptors (Lipinski definition) is 9. The van der Waals surface area contributed by atoms with Gasteiger partial charge in [-0.2, -0.15) is 4.68 Å². The average molecular weight is 478 g/mol. The topological polar surface area (TPSA) is 135 Å². The summed E-state index contributed by atoms with van der Waals surface area (Å²) < 4.78 is 6.54. The Labute approximate surface area is 202 Å². The molecule has 2 aliphatic rings. The molecule has 5 rings (SSSR count). The molecular formula is C24H27N7O4. The normalized spacial score (nSPS) is 20.5. The molecule has 0 saturated carbocycles. The number of fused-ring (bicyclic) bond motifs is 1. The number of benzene rings is 1. The maximum atomic E-state index is 12.7. The predicted molar refractivity (Wildman–Crippen MR) is 124 cm³/mol. The van der Waals surface area contributed by atoms with Gasteiger partial charge in [-0.25, -0.2) is 9.78 Å². The van der Waals surface area contributed by atoms with Crippen LogP contribution in [-0.2, 0) is 11.3 Å². The monoisotopic (exact) mass is 477 g/mol. The molecule has 2 aromatic heterocycles. The van der Waals surface area contributed by atoms with E-state index >= 15 is 0 Å². The molecule has 182 valence electrons. The van der Waals surface area contributed by atoms with Crippen molar-refractivity contribution in [3.05, 3.63) is 64.6 Å². The van der Waals surface area contributed by atoms with E-state index in [2.05, 4.69) is 37.6 Å². The van der Waals surface area contributed by atoms with Crippen LogP contribution >= 0.6 is 0 Å². The van der Waals surface area contributed by atoms with Gasteiger partial charge in [0.05, 0.1) is 17.2 Å². The van der Waals surface area contributed by atoms with E-state index in [0.717, 1.165) is 36.2 Å². The summed E-state index contributed by atoms with van der Waals surface area (Å²) in [5, 5.41) is 24.9. The molecule has 3 aromatic rings. The largest absolute Gasteiger partial charge is 0.457 e. The number of aliphatic hydroxyl groups is 1. The van der Waals surface area contributed by atoms with Gasteiger partial charge < -0.3 is 15.2 Å². The molecular weight excluding hydrogens is 450 g/mol. The molecule has 11 heteroatoms. The lowest BCUT2D eigenvalue weighted by molar-refractivity contribution is 0.0534. The number of tetrazole rings is 1. The molecule has 1 amide bonds. The standard InChI is InChI=1S/C24H27N7O4/c1-15-17(4-5-18-19(15)11-35-23(18)34)20(32)10-30-8-7-24(2,13-30)12-26-22(33)16-3-6-21(25-9-16)31-14-27-28-29-31/h3-6,9,14,20,32H,7-8,10-13H2,1-2H3,(H,26,33). The number of nitrogens with zero attached hydrogens (tertiary/aromatic N) is 6. The zero-order chi connectivity index (χ0) is 24.6. The van der Waals surface area contributed by atoms with Gasteiger partial charge in [0.15, 0.2) is 5.82 Å². The third kappa shape index (κ3) is 4.64. The summed E-state index contributed by atoms with van der Waals surface area (Å²) in [4.78, 5) is 30.9. The molecule has 0 spiro atoms. The third-order valence-electron chi connectivity index (χ3n) is 6.90. The summed E-state index contributed by atoms with van der Waals surface area (Å²) >= 11 is 0. The van der Waals surface area contributed by atoms with E-state index in [9.17, 15) is 14.7 Å².